The van der Waals surface area contributed by atoms with Crippen LogP contribution in [-0.2, 0) is 11.4 Å². The Morgan fingerprint density at radius 3 is 2.77 bits per heavy atom. The number of carbonyl (C=O) groups excluding carboxylic acids is 1. The Morgan fingerprint density at radius 1 is 1.27 bits per heavy atom. The summed E-state index contributed by atoms with van der Waals surface area (Å²) in [5, 5.41) is 1.99. The molecule has 132 valence electrons. The minimum atomic E-state index is -0.370. The zero-order chi connectivity index (χ0) is 18.1. The number of thiophene rings is 1. The third-order valence-corrected chi connectivity index (χ3v) is 5.91. The number of carbonyl (C=O) groups is 1. The second-order valence-corrected chi connectivity index (χ2v) is 7.65. The van der Waals surface area contributed by atoms with Gasteiger partial charge in [0.15, 0.2) is 4.80 Å². The highest BCUT2D eigenvalue weighted by atomic mass is 32.1. The van der Waals surface area contributed by atoms with Crippen LogP contribution in [0.1, 0.15) is 15.2 Å². The van der Waals surface area contributed by atoms with Gasteiger partial charge in [-0.1, -0.05) is 17.4 Å². The van der Waals surface area contributed by atoms with Crippen LogP contribution >= 0.6 is 22.7 Å². The van der Waals surface area contributed by atoms with E-state index in [2.05, 4.69) is 4.99 Å². The van der Waals surface area contributed by atoms with Gasteiger partial charge < -0.3 is 9.64 Å². The van der Waals surface area contributed by atoms with Crippen LogP contribution < -0.4 is 19.8 Å². The molecule has 1 aliphatic rings. The van der Waals surface area contributed by atoms with E-state index in [4.69, 9.17) is 4.74 Å². The molecule has 0 fully saturated rings. The first kappa shape index (κ1) is 16.7. The summed E-state index contributed by atoms with van der Waals surface area (Å²) in [6, 6.07) is 11.0. The lowest BCUT2D eigenvalue weighted by Gasteiger charge is -2.25. The van der Waals surface area contributed by atoms with Crippen molar-refractivity contribution in [3.63, 3.8) is 0 Å². The number of aromatic nitrogens is 1. The molecule has 0 radical (unpaired) electrons. The average molecular weight is 385 g/mol. The average Bonchev–Trinajstić information content (AvgIpc) is 3.30. The van der Waals surface area contributed by atoms with Crippen molar-refractivity contribution < 1.29 is 9.53 Å². The van der Waals surface area contributed by atoms with Crippen LogP contribution in [0.4, 0.5) is 5.69 Å². The van der Waals surface area contributed by atoms with Crippen molar-refractivity contribution in [1.82, 2.24) is 4.57 Å². The summed E-state index contributed by atoms with van der Waals surface area (Å²) in [4.78, 5) is 32.5. The summed E-state index contributed by atoms with van der Waals surface area (Å²) >= 11 is 3.01. The Balaban J connectivity index is 1.63. The number of thiazole rings is 1. The Labute approximate surface area is 156 Å². The first-order valence-electron chi connectivity index (χ1n) is 7.88. The summed E-state index contributed by atoms with van der Waals surface area (Å²) in [7, 11) is 1.36. The first-order valence-corrected chi connectivity index (χ1v) is 9.58. The maximum atomic E-state index is 12.7. The molecule has 6 nitrogen and oxygen atoms in total. The first-order chi connectivity index (χ1) is 12.7. The van der Waals surface area contributed by atoms with Crippen molar-refractivity contribution in [2.24, 2.45) is 4.99 Å². The summed E-state index contributed by atoms with van der Waals surface area (Å²) in [6.45, 7) is 0.903. The third kappa shape index (κ3) is 3.09. The van der Waals surface area contributed by atoms with Gasteiger partial charge >= 0.3 is 5.97 Å². The molecule has 0 bridgehead atoms. The SMILES string of the molecule is COC(=O)c1ccc(N2CN=c3sc(=Cc4cccs4)c(=O)n3C2)cc1. The molecule has 1 aromatic carbocycles. The molecule has 0 aliphatic carbocycles. The van der Waals surface area contributed by atoms with E-state index in [1.165, 1.54) is 18.4 Å². The second-order valence-electron chi connectivity index (χ2n) is 5.66. The fourth-order valence-corrected chi connectivity index (χ4v) is 4.39. The standard InChI is InChI=1S/C18H15N3O3S2/c1-24-17(23)12-4-6-13(7-5-12)20-10-19-18-21(11-20)16(22)15(26-18)9-14-3-2-8-25-14/h2-9H,10-11H2,1H3. The number of rotatable bonds is 3. The highest BCUT2D eigenvalue weighted by molar-refractivity contribution is 7.11. The Bertz CT molecular complexity index is 1110. The Morgan fingerprint density at radius 2 is 2.08 bits per heavy atom. The fraction of sp³-hybridized carbons (Fsp3) is 0.167. The van der Waals surface area contributed by atoms with E-state index in [-0.39, 0.29) is 11.5 Å². The van der Waals surface area contributed by atoms with E-state index in [0.29, 0.717) is 23.4 Å². The molecule has 1 aliphatic heterocycles. The molecule has 0 atom stereocenters. The van der Waals surface area contributed by atoms with Gasteiger partial charge in [0.05, 0.1) is 17.2 Å². The molecular formula is C18H15N3O3S2. The van der Waals surface area contributed by atoms with Crippen molar-refractivity contribution in [3.05, 3.63) is 71.9 Å². The van der Waals surface area contributed by atoms with E-state index in [0.717, 1.165) is 15.4 Å². The van der Waals surface area contributed by atoms with Crippen molar-refractivity contribution in [1.29, 1.82) is 0 Å². The van der Waals surface area contributed by atoms with Crippen molar-refractivity contribution >= 4 is 40.4 Å². The number of esters is 1. The van der Waals surface area contributed by atoms with Gasteiger partial charge in [0.2, 0.25) is 0 Å². The van der Waals surface area contributed by atoms with Gasteiger partial charge in [-0.15, -0.1) is 11.3 Å². The van der Waals surface area contributed by atoms with Crippen LogP contribution in [0.3, 0.4) is 0 Å². The molecule has 3 heterocycles. The number of hydrogen-bond donors (Lipinski definition) is 0. The Hall–Kier alpha value is -2.71. The van der Waals surface area contributed by atoms with E-state index in [9.17, 15) is 9.59 Å². The fourth-order valence-electron chi connectivity index (χ4n) is 2.70. The monoisotopic (exact) mass is 385 g/mol. The minimum absolute atomic E-state index is 0.0296. The van der Waals surface area contributed by atoms with Crippen molar-refractivity contribution in [3.8, 4) is 0 Å². The molecule has 0 N–H and O–H groups in total. The van der Waals surface area contributed by atoms with E-state index < -0.39 is 0 Å². The van der Waals surface area contributed by atoms with Gasteiger partial charge in [-0.25, -0.2) is 9.79 Å². The molecule has 3 aromatic rings. The lowest BCUT2D eigenvalue weighted by Crippen LogP contribution is -2.42. The van der Waals surface area contributed by atoms with E-state index >= 15 is 0 Å². The number of benzene rings is 1. The van der Waals surface area contributed by atoms with Gasteiger partial charge in [-0.2, -0.15) is 0 Å². The molecule has 0 unspecified atom stereocenters. The topological polar surface area (TPSA) is 63.9 Å². The quantitative estimate of drug-likeness (QED) is 0.643. The zero-order valence-electron chi connectivity index (χ0n) is 13.9. The lowest BCUT2D eigenvalue weighted by atomic mass is 10.2. The molecule has 26 heavy (non-hydrogen) atoms. The smallest absolute Gasteiger partial charge is 0.337 e. The highest BCUT2D eigenvalue weighted by Gasteiger charge is 2.16. The maximum absolute atomic E-state index is 12.7. The van der Waals surface area contributed by atoms with Crippen LogP contribution in [-0.4, -0.2) is 24.3 Å². The van der Waals surface area contributed by atoms with Crippen LogP contribution in [0.25, 0.3) is 6.08 Å². The summed E-state index contributed by atoms with van der Waals surface area (Å²) in [5.74, 6) is -0.370. The Kier molecular flexibility index (Phi) is 4.44. The van der Waals surface area contributed by atoms with Gasteiger partial charge in [0.1, 0.15) is 13.3 Å². The summed E-state index contributed by atoms with van der Waals surface area (Å²) in [6.07, 6.45) is 1.91. The van der Waals surface area contributed by atoms with E-state index in [1.807, 2.05) is 40.6 Å². The third-order valence-electron chi connectivity index (χ3n) is 4.05. The number of nitrogens with zero attached hydrogens (tertiary/aromatic N) is 3. The normalized spacial score (nSPS) is 14.0. The zero-order valence-corrected chi connectivity index (χ0v) is 15.5. The van der Waals surface area contributed by atoms with Crippen LogP contribution in [0, 0.1) is 0 Å². The predicted octanol–water partition coefficient (Wildman–Crippen LogP) is 1.64. The molecule has 8 heteroatoms. The minimum Gasteiger partial charge on any atom is -0.465 e. The summed E-state index contributed by atoms with van der Waals surface area (Å²) in [5.41, 5.74) is 1.36. The van der Waals surface area contributed by atoms with E-state index in [1.54, 1.807) is 28.0 Å². The second kappa shape index (κ2) is 6.89. The van der Waals surface area contributed by atoms with Crippen LogP contribution in [0.15, 0.2) is 51.6 Å². The van der Waals surface area contributed by atoms with Crippen molar-refractivity contribution in [2.45, 2.75) is 6.67 Å². The number of hydrogen-bond acceptors (Lipinski definition) is 7. The number of ether oxygens (including phenoxy) is 1. The van der Waals surface area contributed by atoms with Crippen molar-refractivity contribution in [2.75, 3.05) is 18.7 Å². The molecule has 0 amide bonds. The highest BCUT2D eigenvalue weighted by Crippen LogP contribution is 2.17. The molecular weight excluding hydrogens is 370 g/mol. The van der Waals surface area contributed by atoms with Gasteiger partial charge in [0.25, 0.3) is 5.56 Å². The lowest BCUT2D eigenvalue weighted by molar-refractivity contribution is 0.0601. The molecule has 0 saturated carbocycles. The number of anilines is 1. The van der Waals surface area contributed by atoms with Crippen LogP contribution in [0.2, 0.25) is 0 Å². The largest absolute Gasteiger partial charge is 0.465 e. The van der Waals surface area contributed by atoms with Gasteiger partial charge in [0, 0.05) is 10.6 Å². The molecule has 4 rings (SSSR count). The number of fused-ring (bicyclic) bond motifs is 1. The predicted molar refractivity (Wildman–Crippen MR) is 102 cm³/mol. The summed E-state index contributed by atoms with van der Waals surface area (Å²) < 4.78 is 7.08. The van der Waals surface area contributed by atoms with Gasteiger partial charge in [-0.05, 0) is 41.8 Å². The molecule has 0 saturated heterocycles. The maximum Gasteiger partial charge on any atom is 0.337 e. The van der Waals surface area contributed by atoms with Crippen LogP contribution in [0.5, 0.6) is 0 Å². The number of methoxy groups -OCH3 is 1. The molecule has 0 spiro atoms. The molecule has 2 aromatic heterocycles. The van der Waals surface area contributed by atoms with Gasteiger partial charge in [-0.3, -0.25) is 9.36 Å².